The molecule has 0 bridgehead atoms. The molecule has 0 spiro atoms. The summed E-state index contributed by atoms with van der Waals surface area (Å²) < 4.78 is 0. The quantitative estimate of drug-likeness (QED) is 0.533. The average Bonchev–Trinajstić information content (AvgIpc) is 3.58. The Bertz CT molecular complexity index is 1210. The largest absolute Gasteiger partial charge is 0.324 e. The van der Waals surface area contributed by atoms with Crippen molar-refractivity contribution in [2.45, 2.75) is 38.5 Å². The van der Waals surface area contributed by atoms with Gasteiger partial charge in [0.25, 0.3) is 0 Å². The number of hydrogen-bond acceptors (Lipinski definition) is 7. The van der Waals surface area contributed by atoms with Crippen molar-refractivity contribution in [2.24, 2.45) is 4.99 Å². The van der Waals surface area contributed by atoms with Crippen LogP contribution in [0.5, 0.6) is 0 Å². The standard InChI is InChI=1S/C26H26N6O/c1-17-13-23(27-16-17)29-26-31-24(20-9-10-20)30-25(32-26)28-21-11-7-19(8-12-21)15-22(33)14-18-5-3-2-4-6-18/h2-8,11-13,20H,9-10,14-16H2,1H3,(H2,27,28,29,30,31,32). The van der Waals surface area contributed by atoms with Crippen molar-refractivity contribution in [1.29, 1.82) is 0 Å². The maximum atomic E-state index is 12.4. The summed E-state index contributed by atoms with van der Waals surface area (Å²) in [7, 11) is 0. The first-order chi connectivity index (χ1) is 16.1. The molecule has 33 heavy (non-hydrogen) atoms. The van der Waals surface area contributed by atoms with E-state index in [2.05, 4.69) is 30.6 Å². The number of carbonyl (C=O) groups excluding carboxylic acids is 1. The van der Waals surface area contributed by atoms with Crippen molar-refractivity contribution in [3.05, 3.63) is 83.2 Å². The van der Waals surface area contributed by atoms with Crippen LogP contribution in [0.2, 0.25) is 0 Å². The molecule has 5 rings (SSSR count). The number of hydrogen-bond donors (Lipinski definition) is 2. The first-order valence-electron chi connectivity index (χ1n) is 11.3. The van der Waals surface area contributed by atoms with Crippen LogP contribution in [0.1, 0.15) is 42.6 Å². The molecular formula is C26H26N6O. The van der Waals surface area contributed by atoms with Crippen molar-refractivity contribution >= 4 is 29.2 Å². The summed E-state index contributed by atoms with van der Waals surface area (Å²) in [5.41, 5.74) is 4.09. The van der Waals surface area contributed by atoms with E-state index in [9.17, 15) is 4.79 Å². The van der Waals surface area contributed by atoms with Crippen LogP contribution >= 0.6 is 0 Å². The third-order valence-corrected chi connectivity index (χ3v) is 5.57. The lowest BCUT2D eigenvalue weighted by Crippen LogP contribution is -2.13. The van der Waals surface area contributed by atoms with E-state index in [4.69, 9.17) is 0 Å². The Morgan fingerprint density at radius 2 is 1.55 bits per heavy atom. The molecule has 3 aromatic rings. The number of rotatable bonds is 8. The van der Waals surface area contributed by atoms with E-state index in [0.717, 1.165) is 41.3 Å². The van der Waals surface area contributed by atoms with Crippen molar-refractivity contribution in [1.82, 2.24) is 15.0 Å². The lowest BCUT2D eigenvalue weighted by Gasteiger charge is -2.10. The molecule has 0 saturated heterocycles. The number of aliphatic imine (C=N–C) groups is 1. The van der Waals surface area contributed by atoms with Gasteiger partial charge < -0.3 is 10.6 Å². The Labute approximate surface area is 193 Å². The SMILES string of the molecule is CC1=CC(Nc2nc(Nc3ccc(CC(=O)Cc4ccccc4)cc3)nc(C3CC3)n2)=NC1. The lowest BCUT2D eigenvalue weighted by atomic mass is 10.0. The van der Waals surface area contributed by atoms with E-state index in [-0.39, 0.29) is 5.78 Å². The Morgan fingerprint density at radius 1 is 0.879 bits per heavy atom. The number of aromatic nitrogens is 3. The smallest absolute Gasteiger partial charge is 0.233 e. The monoisotopic (exact) mass is 438 g/mol. The minimum atomic E-state index is 0.197. The maximum absolute atomic E-state index is 12.4. The van der Waals surface area contributed by atoms with Gasteiger partial charge in [0.15, 0.2) is 0 Å². The van der Waals surface area contributed by atoms with Gasteiger partial charge in [-0.1, -0.05) is 42.5 Å². The lowest BCUT2D eigenvalue weighted by molar-refractivity contribution is -0.117. The molecule has 2 aliphatic rings. The van der Waals surface area contributed by atoms with Gasteiger partial charge in [-0.05, 0) is 54.7 Å². The first-order valence-corrected chi connectivity index (χ1v) is 11.3. The Morgan fingerprint density at radius 3 is 2.18 bits per heavy atom. The summed E-state index contributed by atoms with van der Waals surface area (Å²) in [6.45, 7) is 2.75. The van der Waals surface area contributed by atoms with Crippen LogP contribution in [-0.4, -0.2) is 33.1 Å². The number of ketones is 1. The second kappa shape index (κ2) is 9.32. The van der Waals surface area contributed by atoms with Crippen LogP contribution in [-0.2, 0) is 17.6 Å². The molecule has 0 unspecified atom stereocenters. The predicted octanol–water partition coefficient (Wildman–Crippen LogP) is 4.62. The molecule has 2 heterocycles. The zero-order valence-electron chi connectivity index (χ0n) is 18.6. The number of amidine groups is 1. The fourth-order valence-electron chi connectivity index (χ4n) is 3.70. The molecule has 7 heteroatoms. The molecule has 2 N–H and O–H groups in total. The van der Waals surface area contributed by atoms with Crippen molar-refractivity contribution in [2.75, 3.05) is 17.2 Å². The second-order valence-corrected chi connectivity index (χ2v) is 8.63. The van der Waals surface area contributed by atoms with Crippen LogP contribution < -0.4 is 10.6 Å². The molecule has 1 fully saturated rings. The zero-order chi connectivity index (χ0) is 22.6. The number of nitrogens with zero attached hydrogens (tertiary/aromatic N) is 4. The molecule has 1 aliphatic heterocycles. The summed E-state index contributed by atoms with van der Waals surface area (Å²) >= 11 is 0. The number of Topliss-reactive ketones (excluding diaryl/α,β-unsaturated/α-hetero) is 1. The molecule has 1 saturated carbocycles. The molecule has 0 atom stereocenters. The topological polar surface area (TPSA) is 92.2 Å². The van der Waals surface area contributed by atoms with Gasteiger partial charge in [0.05, 0.1) is 6.54 Å². The van der Waals surface area contributed by atoms with Gasteiger partial charge in [0.1, 0.15) is 17.4 Å². The third-order valence-electron chi connectivity index (χ3n) is 5.57. The van der Waals surface area contributed by atoms with Crippen LogP contribution in [0.3, 0.4) is 0 Å². The Balaban J connectivity index is 1.25. The van der Waals surface area contributed by atoms with Crippen molar-refractivity contribution in [3.8, 4) is 0 Å². The van der Waals surface area contributed by atoms with Crippen LogP contribution in [0.4, 0.5) is 17.6 Å². The highest BCUT2D eigenvalue weighted by Gasteiger charge is 2.28. The van der Waals surface area contributed by atoms with Gasteiger partial charge in [-0.3, -0.25) is 9.79 Å². The molecule has 166 valence electrons. The number of nitrogens with one attached hydrogen (secondary N) is 2. The minimum Gasteiger partial charge on any atom is -0.324 e. The summed E-state index contributed by atoms with van der Waals surface area (Å²) in [6, 6.07) is 17.7. The third kappa shape index (κ3) is 5.68. The fraction of sp³-hybridized carbons (Fsp3) is 0.269. The minimum absolute atomic E-state index is 0.197. The molecule has 1 aromatic heterocycles. The average molecular weight is 439 g/mol. The summed E-state index contributed by atoms with van der Waals surface area (Å²) in [5.74, 6) is 3.18. The fourth-order valence-corrected chi connectivity index (χ4v) is 3.70. The van der Waals surface area contributed by atoms with Gasteiger partial charge in [-0.15, -0.1) is 0 Å². The summed E-state index contributed by atoms with van der Waals surface area (Å²) in [6.07, 6.45) is 5.08. The summed E-state index contributed by atoms with van der Waals surface area (Å²) in [5, 5.41) is 6.48. The van der Waals surface area contributed by atoms with Gasteiger partial charge in [-0.2, -0.15) is 15.0 Å². The molecule has 2 aromatic carbocycles. The number of benzene rings is 2. The Hall–Kier alpha value is -3.87. The Kier molecular flexibility index (Phi) is 5.93. The molecule has 7 nitrogen and oxygen atoms in total. The molecular weight excluding hydrogens is 412 g/mol. The highest BCUT2D eigenvalue weighted by Crippen LogP contribution is 2.38. The highest BCUT2D eigenvalue weighted by molar-refractivity contribution is 6.04. The van der Waals surface area contributed by atoms with Crippen molar-refractivity contribution in [3.63, 3.8) is 0 Å². The van der Waals surface area contributed by atoms with E-state index in [1.807, 2.05) is 67.6 Å². The highest BCUT2D eigenvalue weighted by atomic mass is 16.1. The molecule has 0 radical (unpaired) electrons. The van der Waals surface area contributed by atoms with Crippen LogP contribution in [0, 0.1) is 0 Å². The van der Waals surface area contributed by atoms with Crippen LogP contribution in [0.25, 0.3) is 0 Å². The van der Waals surface area contributed by atoms with E-state index in [1.165, 1.54) is 5.57 Å². The van der Waals surface area contributed by atoms with Gasteiger partial charge in [-0.25, -0.2) is 0 Å². The van der Waals surface area contributed by atoms with Crippen molar-refractivity contribution < 1.29 is 4.79 Å². The summed E-state index contributed by atoms with van der Waals surface area (Å²) in [4.78, 5) is 30.6. The first kappa shape index (κ1) is 21.0. The predicted molar refractivity (Wildman–Crippen MR) is 130 cm³/mol. The van der Waals surface area contributed by atoms with E-state index in [0.29, 0.717) is 37.2 Å². The molecule has 1 aliphatic carbocycles. The maximum Gasteiger partial charge on any atom is 0.233 e. The van der Waals surface area contributed by atoms with Crippen LogP contribution in [0.15, 0.2) is 71.2 Å². The van der Waals surface area contributed by atoms with Gasteiger partial charge in [0, 0.05) is 24.4 Å². The van der Waals surface area contributed by atoms with E-state index < -0.39 is 0 Å². The number of carbonyl (C=O) groups is 1. The number of anilines is 3. The zero-order valence-corrected chi connectivity index (χ0v) is 18.6. The molecule has 0 amide bonds. The van der Waals surface area contributed by atoms with E-state index >= 15 is 0 Å². The second-order valence-electron chi connectivity index (χ2n) is 8.63. The normalized spacial score (nSPS) is 15.1. The van der Waals surface area contributed by atoms with Gasteiger partial charge >= 0.3 is 0 Å². The van der Waals surface area contributed by atoms with Gasteiger partial charge in [0.2, 0.25) is 11.9 Å². The van der Waals surface area contributed by atoms with E-state index in [1.54, 1.807) is 0 Å².